The van der Waals surface area contributed by atoms with Crippen molar-refractivity contribution in [2.45, 2.75) is 51.1 Å². The van der Waals surface area contributed by atoms with E-state index in [1.807, 2.05) is 35.0 Å². The maximum atomic E-state index is 12.2. The summed E-state index contributed by atoms with van der Waals surface area (Å²) in [6.45, 7) is 0.377. The van der Waals surface area contributed by atoms with Crippen molar-refractivity contribution >= 4 is 28.4 Å². The number of amides is 1. The smallest absolute Gasteiger partial charge is 0.240 e. The summed E-state index contributed by atoms with van der Waals surface area (Å²) in [7, 11) is 0. The van der Waals surface area contributed by atoms with Crippen molar-refractivity contribution in [1.82, 2.24) is 9.88 Å². The average Bonchev–Trinajstić information content (AvgIpc) is 2.68. The molecule has 0 atom stereocenters. The van der Waals surface area contributed by atoms with Gasteiger partial charge in [-0.25, -0.2) is 0 Å². The minimum atomic E-state index is 0.106. The van der Waals surface area contributed by atoms with Gasteiger partial charge in [0.25, 0.3) is 0 Å². The predicted molar refractivity (Wildman–Crippen MR) is 86.6 cm³/mol. The van der Waals surface area contributed by atoms with Gasteiger partial charge in [-0.1, -0.05) is 37.3 Å². The average molecular weight is 305 g/mol. The quantitative estimate of drug-likeness (QED) is 0.850. The summed E-state index contributed by atoms with van der Waals surface area (Å²) in [5.41, 5.74) is 1.05. The maximum Gasteiger partial charge on any atom is 0.240 e. The number of halogens is 1. The third kappa shape index (κ3) is 3.59. The van der Waals surface area contributed by atoms with Crippen LogP contribution in [0.4, 0.5) is 0 Å². The van der Waals surface area contributed by atoms with Crippen molar-refractivity contribution in [2.24, 2.45) is 0 Å². The molecule has 0 spiro atoms. The Kier molecular flexibility index (Phi) is 4.49. The largest absolute Gasteiger partial charge is 0.352 e. The second kappa shape index (κ2) is 6.52. The third-order valence-corrected chi connectivity index (χ3v) is 4.50. The minimum Gasteiger partial charge on any atom is -0.352 e. The first kappa shape index (κ1) is 14.5. The second-order valence-corrected chi connectivity index (χ2v) is 6.34. The van der Waals surface area contributed by atoms with Crippen molar-refractivity contribution in [2.75, 3.05) is 0 Å². The molecular weight excluding hydrogens is 284 g/mol. The number of benzene rings is 1. The fraction of sp³-hybridized carbons (Fsp3) is 0.471. The van der Waals surface area contributed by atoms with Crippen LogP contribution in [-0.2, 0) is 11.3 Å². The fourth-order valence-electron chi connectivity index (χ4n) is 3.16. The first-order valence-corrected chi connectivity index (χ1v) is 8.14. The maximum absolute atomic E-state index is 12.2. The van der Waals surface area contributed by atoms with Crippen LogP contribution in [-0.4, -0.2) is 16.5 Å². The summed E-state index contributed by atoms with van der Waals surface area (Å²) in [4.78, 5) is 12.2. The van der Waals surface area contributed by atoms with Crippen LogP contribution >= 0.6 is 11.6 Å². The van der Waals surface area contributed by atoms with Crippen LogP contribution < -0.4 is 5.32 Å². The van der Waals surface area contributed by atoms with Gasteiger partial charge in [-0.2, -0.15) is 0 Å². The monoisotopic (exact) mass is 304 g/mol. The van der Waals surface area contributed by atoms with Crippen LogP contribution in [0.5, 0.6) is 0 Å². The molecule has 1 amide bonds. The number of carbonyl (C=O) groups is 1. The Morgan fingerprint density at radius 3 is 2.71 bits per heavy atom. The summed E-state index contributed by atoms with van der Waals surface area (Å²) in [6, 6.07) is 8.12. The lowest BCUT2D eigenvalue weighted by atomic mass is 10.1. The van der Waals surface area contributed by atoms with E-state index >= 15 is 0 Å². The molecule has 1 aromatic carbocycles. The highest BCUT2D eigenvalue weighted by Gasteiger charge is 2.15. The van der Waals surface area contributed by atoms with Gasteiger partial charge < -0.3 is 9.88 Å². The van der Waals surface area contributed by atoms with E-state index in [1.165, 1.54) is 25.7 Å². The molecule has 1 aromatic heterocycles. The summed E-state index contributed by atoms with van der Waals surface area (Å²) in [5.74, 6) is 0.106. The Hall–Kier alpha value is -1.48. The number of nitrogens with one attached hydrogen (secondary N) is 1. The van der Waals surface area contributed by atoms with Gasteiger partial charge in [0.1, 0.15) is 6.54 Å². The van der Waals surface area contributed by atoms with Crippen molar-refractivity contribution < 1.29 is 4.79 Å². The van der Waals surface area contributed by atoms with Crippen LogP contribution in [0.3, 0.4) is 0 Å². The number of carbonyl (C=O) groups excluding carboxylic acids is 1. The lowest BCUT2D eigenvalue weighted by molar-refractivity contribution is -0.122. The summed E-state index contributed by atoms with van der Waals surface area (Å²) >= 11 is 5.99. The summed E-state index contributed by atoms with van der Waals surface area (Å²) < 4.78 is 1.98. The van der Waals surface area contributed by atoms with Gasteiger partial charge >= 0.3 is 0 Å². The Balaban J connectivity index is 1.65. The molecule has 3 nitrogen and oxygen atoms in total. The molecule has 1 heterocycles. The van der Waals surface area contributed by atoms with Crippen molar-refractivity contribution in [3.05, 3.63) is 35.5 Å². The van der Waals surface area contributed by atoms with E-state index in [0.717, 1.165) is 28.8 Å². The number of hydrogen-bond donors (Lipinski definition) is 1. The molecule has 1 aliphatic carbocycles. The highest BCUT2D eigenvalue weighted by Crippen LogP contribution is 2.21. The third-order valence-electron chi connectivity index (χ3n) is 4.27. The van der Waals surface area contributed by atoms with Gasteiger partial charge in [0.15, 0.2) is 0 Å². The van der Waals surface area contributed by atoms with E-state index in [4.69, 9.17) is 11.6 Å². The molecule has 1 fully saturated rings. The van der Waals surface area contributed by atoms with Gasteiger partial charge in [-0.05, 0) is 37.1 Å². The van der Waals surface area contributed by atoms with Crippen LogP contribution in [0.2, 0.25) is 5.02 Å². The van der Waals surface area contributed by atoms with Gasteiger partial charge in [-0.15, -0.1) is 0 Å². The van der Waals surface area contributed by atoms with E-state index in [9.17, 15) is 4.79 Å². The van der Waals surface area contributed by atoms with Gasteiger partial charge in [0.2, 0.25) is 5.91 Å². The molecule has 0 radical (unpaired) electrons. The molecule has 3 rings (SSSR count). The first-order chi connectivity index (χ1) is 10.2. The normalized spacial score (nSPS) is 16.8. The zero-order chi connectivity index (χ0) is 14.7. The van der Waals surface area contributed by atoms with E-state index < -0.39 is 0 Å². The molecule has 0 bridgehead atoms. The second-order valence-electron chi connectivity index (χ2n) is 5.90. The van der Waals surface area contributed by atoms with E-state index in [-0.39, 0.29) is 5.91 Å². The molecule has 1 aliphatic rings. The molecule has 112 valence electrons. The Morgan fingerprint density at radius 1 is 1.19 bits per heavy atom. The lowest BCUT2D eigenvalue weighted by Crippen LogP contribution is -2.36. The summed E-state index contributed by atoms with van der Waals surface area (Å²) in [6.07, 6.45) is 9.26. The molecule has 0 saturated heterocycles. The molecule has 0 aliphatic heterocycles. The fourth-order valence-corrected chi connectivity index (χ4v) is 3.34. The lowest BCUT2D eigenvalue weighted by Gasteiger charge is -2.16. The molecule has 0 unspecified atom stereocenters. The van der Waals surface area contributed by atoms with E-state index in [2.05, 4.69) is 5.32 Å². The number of nitrogens with zero attached hydrogens (tertiary/aromatic N) is 1. The number of aromatic nitrogens is 1. The van der Waals surface area contributed by atoms with E-state index in [0.29, 0.717) is 12.6 Å². The van der Waals surface area contributed by atoms with Crippen LogP contribution in [0, 0.1) is 0 Å². The molecule has 2 aromatic rings. The predicted octanol–water partition coefficient (Wildman–Crippen LogP) is 4.13. The first-order valence-electron chi connectivity index (χ1n) is 7.76. The standard InChI is InChI=1S/C17H21ClN2O/c18-14-7-8-16-13(11-14)9-10-20(16)12-17(21)19-15-5-3-1-2-4-6-15/h7-11,15H,1-6,12H2,(H,19,21). The topological polar surface area (TPSA) is 34.0 Å². The molecule has 4 heteroatoms. The number of fused-ring (bicyclic) bond motifs is 1. The highest BCUT2D eigenvalue weighted by molar-refractivity contribution is 6.31. The minimum absolute atomic E-state index is 0.106. The molecular formula is C17H21ClN2O. The zero-order valence-corrected chi connectivity index (χ0v) is 12.9. The van der Waals surface area contributed by atoms with Crippen LogP contribution in [0.15, 0.2) is 30.5 Å². The van der Waals surface area contributed by atoms with Crippen molar-refractivity contribution in [3.8, 4) is 0 Å². The zero-order valence-electron chi connectivity index (χ0n) is 12.1. The molecule has 1 saturated carbocycles. The number of hydrogen-bond acceptors (Lipinski definition) is 1. The van der Waals surface area contributed by atoms with Gasteiger partial charge in [0, 0.05) is 28.2 Å². The van der Waals surface area contributed by atoms with Crippen molar-refractivity contribution in [1.29, 1.82) is 0 Å². The Bertz CT molecular complexity index is 627. The molecule has 1 N–H and O–H groups in total. The SMILES string of the molecule is O=C(Cn1ccc2cc(Cl)ccc21)NC1CCCCCC1. The van der Waals surface area contributed by atoms with E-state index in [1.54, 1.807) is 0 Å². The number of rotatable bonds is 3. The Morgan fingerprint density at radius 2 is 1.95 bits per heavy atom. The highest BCUT2D eigenvalue weighted by atomic mass is 35.5. The van der Waals surface area contributed by atoms with Crippen LogP contribution in [0.1, 0.15) is 38.5 Å². The van der Waals surface area contributed by atoms with Crippen LogP contribution in [0.25, 0.3) is 10.9 Å². The summed E-state index contributed by atoms with van der Waals surface area (Å²) in [5, 5.41) is 4.99. The van der Waals surface area contributed by atoms with Gasteiger partial charge in [-0.3, -0.25) is 4.79 Å². The van der Waals surface area contributed by atoms with Crippen molar-refractivity contribution in [3.63, 3.8) is 0 Å². The molecule has 21 heavy (non-hydrogen) atoms. The van der Waals surface area contributed by atoms with Gasteiger partial charge in [0.05, 0.1) is 0 Å². The Labute approximate surface area is 130 Å².